The molecular formula is C18H27ClN2O4. The molecule has 1 aliphatic rings. The summed E-state index contributed by atoms with van der Waals surface area (Å²) in [5.74, 6) is 0.407. The second-order valence-electron chi connectivity index (χ2n) is 6.40. The van der Waals surface area contributed by atoms with Crippen molar-refractivity contribution >= 4 is 23.3 Å². The highest BCUT2D eigenvalue weighted by Crippen LogP contribution is 2.33. The van der Waals surface area contributed by atoms with Gasteiger partial charge < -0.3 is 25.2 Å². The van der Waals surface area contributed by atoms with Gasteiger partial charge in [-0.05, 0) is 25.0 Å². The van der Waals surface area contributed by atoms with Gasteiger partial charge >= 0.3 is 6.03 Å². The van der Waals surface area contributed by atoms with E-state index in [1.807, 2.05) is 0 Å². The molecule has 0 aromatic heterocycles. The molecule has 25 heavy (non-hydrogen) atoms. The van der Waals surface area contributed by atoms with Crippen LogP contribution in [0, 0.1) is 0 Å². The maximum absolute atomic E-state index is 12.2. The first-order valence-corrected chi connectivity index (χ1v) is 9.09. The molecule has 0 unspecified atom stereocenters. The van der Waals surface area contributed by atoms with E-state index in [2.05, 4.69) is 10.6 Å². The van der Waals surface area contributed by atoms with Gasteiger partial charge in [0.05, 0.1) is 22.9 Å². The van der Waals surface area contributed by atoms with Gasteiger partial charge in [0.2, 0.25) is 0 Å². The molecule has 1 aliphatic carbocycles. The molecule has 0 aliphatic heterocycles. The van der Waals surface area contributed by atoms with Crippen molar-refractivity contribution in [1.82, 2.24) is 5.32 Å². The van der Waals surface area contributed by atoms with Crippen molar-refractivity contribution in [3.63, 3.8) is 0 Å². The highest BCUT2D eigenvalue weighted by Gasteiger charge is 2.28. The minimum atomic E-state index is -0.819. The number of para-hydroxylation sites is 1. The molecule has 0 spiro atoms. The SMILES string of the molecule is COCCOc1c(Cl)cccc1NC(=O)NCC1(O)CCCCCC1. The van der Waals surface area contributed by atoms with Gasteiger partial charge in [-0.15, -0.1) is 0 Å². The van der Waals surface area contributed by atoms with Gasteiger partial charge in [-0.3, -0.25) is 0 Å². The number of nitrogens with one attached hydrogen (secondary N) is 2. The van der Waals surface area contributed by atoms with Crippen LogP contribution in [0.2, 0.25) is 5.02 Å². The fourth-order valence-corrected chi connectivity index (χ4v) is 3.18. The zero-order valence-corrected chi connectivity index (χ0v) is 15.4. The van der Waals surface area contributed by atoms with Gasteiger partial charge in [-0.2, -0.15) is 0 Å². The second-order valence-corrected chi connectivity index (χ2v) is 6.81. The smallest absolute Gasteiger partial charge is 0.319 e. The molecule has 0 atom stereocenters. The molecule has 2 amide bonds. The first kappa shape index (κ1) is 19.8. The lowest BCUT2D eigenvalue weighted by molar-refractivity contribution is 0.0281. The van der Waals surface area contributed by atoms with Gasteiger partial charge in [0.25, 0.3) is 0 Å². The van der Waals surface area contributed by atoms with E-state index < -0.39 is 11.6 Å². The Labute approximate surface area is 153 Å². The third-order valence-electron chi connectivity index (χ3n) is 4.36. The summed E-state index contributed by atoms with van der Waals surface area (Å²) in [4.78, 5) is 12.2. The number of methoxy groups -OCH3 is 1. The number of aliphatic hydroxyl groups is 1. The summed E-state index contributed by atoms with van der Waals surface area (Å²) < 4.78 is 10.5. The molecule has 6 nitrogen and oxygen atoms in total. The van der Waals surface area contributed by atoms with Crippen molar-refractivity contribution in [2.24, 2.45) is 0 Å². The fourth-order valence-electron chi connectivity index (χ4n) is 2.96. The lowest BCUT2D eigenvalue weighted by Gasteiger charge is -2.27. The topological polar surface area (TPSA) is 79.8 Å². The maximum atomic E-state index is 12.2. The van der Waals surface area contributed by atoms with Crippen LogP contribution in [0.25, 0.3) is 0 Å². The summed E-state index contributed by atoms with van der Waals surface area (Å²) in [5, 5.41) is 16.5. The number of anilines is 1. The predicted octanol–water partition coefficient (Wildman–Crippen LogP) is 3.57. The van der Waals surface area contributed by atoms with Gasteiger partial charge in [0.1, 0.15) is 6.61 Å². The number of carbonyl (C=O) groups excluding carboxylic acids is 1. The van der Waals surface area contributed by atoms with Crippen LogP contribution >= 0.6 is 11.6 Å². The molecule has 7 heteroatoms. The van der Waals surface area contributed by atoms with E-state index in [0.29, 0.717) is 29.7 Å². The van der Waals surface area contributed by atoms with E-state index in [9.17, 15) is 9.90 Å². The molecule has 0 radical (unpaired) electrons. The number of amides is 2. The predicted molar refractivity (Wildman–Crippen MR) is 98.5 cm³/mol. The number of ether oxygens (including phenoxy) is 2. The highest BCUT2D eigenvalue weighted by atomic mass is 35.5. The molecule has 140 valence electrons. The average Bonchev–Trinajstić information content (AvgIpc) is 2.81. The van der Waals surface area contributed by atoms with Gasteiger partial charge in [0, 0.05) is 13.7 Å². The monoisotopic (exact) mass is 370 g/mol. The van der Waals surface area contributed by atoms with E-state index >= 15 is 0 Å². The molecule has 1 aromatic carbocycles. The summed E-state index contributed by atoms with van der Waals surface area (Å²) >= 11 is 6.15. The van der Waals surface area contributed by atoms with E-state index in [0.717, 1.165) is 38.5 Å². The van der Waals surface area contributed by atoms with Gasteiger partial charge in [-0.1, -0.05) is 43.4 Å². The van der Waals surface area contributed by atoms with E-state index in [-0.39, 0.29) is 6.54 Å². The van der Waals surface area contributed by atoms with Crippen LogP contribution in [-0.4, -0.2) is 43.6 Å². The Morgan fingerprint density at radius 2 is 1.96 bits per heavy atom. The molecule has 0 bridgehead atoms. The molecule has 2 rings (SSSR count). The number of urea groups is 1. The Kier molecular flexibility index (Phi) is 7.81. The van der Waals surface area contributed by atoms with Crippen molar-refractivity contribution in [3.8, 4) is 5.75 Å². The number of halogens is 1. The Morgan fingerprint density at radius 1 is 1.24 bits per heavy atom. The third-order valence-corrected chi connectivity index (χ3v) is 4.66. The fraction of sp³-hybridized carbons (Fsp3) is 0.611. The number of hydrogen-bond donors (Lipinski definition) is 3. The Hall–Kier alpha value is -1.50. The molecule has 0 heterocycles. The number of hydrogen-bond acceptors (Lipinski definition) is 4. The minimum Gasteiger partial charge on any atom is -0.487 e. The van der Waals surface area contributed by atoms with Crippen molar-refractivity contribution in [2.45, 2.75) is 44.1 Å². The number of benzene rings is 1. The summed E-state index contributed by atoms with van der Waals surface area (Å²) in [6, 6.07) is 4.76. The summed E-state index contributed by atoms with van der Waals surface area (Å²) in [5.41, 5.74) is -0.339. The van der Waals surface area contributed by atoms with Crippen LogP contribution in [0.4, 0.5) is 10.5 Å². The molecule has 3 N–H and O–H groups in total. The molecule has 1 fully saturated rings. The average molecular weight is 371 g/mol. The van der Waals surface area contributed by atoms with Crippen LogP contribution < -0.4 is 15.4 Å². The summed E-state index contributed by atoms with van der Waals surface area (Å²) in [7, 11) is 1.58. The largest absolute Gasteiger partial charge is 0.487 e. The van der Waals surface area contributed by atoms with Crippen molar-refractivity contribution in [3.05, 3.63) is 23.2 Å². The minimum absolute atomic E-state index is 0.235. The Morgan fingerprint density at radius 3 is 2.64 bits per heavy atom. The quantitative estimate of drug-likeness (QED) is 0.506. The molecule has 0 saturated heterocycles. The number of carbonyl (C=O) groups is 1. The Bertz CT molecular complexity index is 560. The van der Waals surface area contributed by atoms with Crippen LogP contribution in [0.1, 0.15) is 38.5 Å². The first-order chi connectivity index (χ1) is 12.0. The van der Waals surface area contributed by atoms with E-state index in [4.69, 9.17) is 21.1 Å². The molecular weight excluding hydrogens is 344 g/mol. The second kappa shape index (κ2) is 9.85. The summed E-state index contributed by atoms with van der Waals surface area (Å²) in [6.07, 6.45) is 5.70. The van der Waals surface area contributed by atoms with Crippen LogP contribution in [-0.2, 0) is 4.74 Å². The zero-order chi connectivity index (χ0) is 18.1. The van der Waals surface area contributed by atoms with Crippen molar-refractivity contribution in [1.29, 1.82) is 0 Å². The van der Waals surface area contributed by atoms with Gasteiger partial charge in [0.15, 0.2) is 5.75 Å². The van der Waals surface area contributed by atoms with E-state index in [1.54, 1.807) is 25.3 Å². The summed E-state index contributed by atoms with van der Waals surface area (Å²) in [6.45, 7) is 0.986. The maximum Gasteiger partial charge on any atom is 0.319 e. The van der Waals surface area contributed by atoms with Crippen LogP contribution in [0.3, 0.4) is 0 Å². The highest BCUT2D eigenvalue weighted by molar-refractivity contribution is 6.32. The normalized spacial score (nSPS) is 16.8. The van der Waals surface area contributed by atoms with Crippen molar-refractivity contribution < 1.29 is 19.4 Å². The standard InChI is InChI=1S/C18H27ClN2O4/c1-24-11-12-25-16-14(19)7-6-8-15(16)21-17(22)20-13-18(23)9-4-2-3-5-10-18/h6-8,23H,2-5,9-13H2,1H3,(H2,20,21,22). The van der Waals surface area contributed by atoms with Crippen LogP contribution in [0.5, 0.6) is 5.75 Å². The lowest BCUT2D eigenvalue weighted by atomic mass is 9.95. The van der Waals surface area contributed by atoms with E-state index in [1.165, 1.54) is 0 Å². The first-order valence-electron chi connectivity index (χ1n) is 8.71. The molecule has 1 saturated carbocycles. The Balaban J connectivity index is 1.92. The molecule has 1 aromatic rings. The van der Waals surface area contributed by atoms with Crippen LogP contribution in [0.15, 0.2) is 18.2 Å². The zero-order valence-electron chi connectivity index (χ0n) is 14.6. The van der Waals surface area contributed by atoms with Crippen molar-refractivity contribution in [2.75, 3.05) is 32.2 Å². The van der Waals surface area contributed by atoms with Gasteiger partial charge in [-0.25, -0.2) is 4.79 Å². The lowest BCUT2D eigenvalue weighted by Crippen LogP contribution is -2.44. The third kappa shape index (κ3) is 6.38. The number of rotatable bonds is 7.